The van der Waals surface area contributed by atoms with Gasteiger partial charge in [-0.25, -0.2) is 0 Å². The Balaban J connectivity index is 0.000000306. The summed E-state index contributed by atoms with van der Waals surface area (Å²) in [6, 6.07) is 8.45. The normalized spacial score (nSPS) is 7.94. The number of nitrogens with two attached hydrogens (primary N) is 1. The summed E-state index contributed by atoms with van der Waals surface area (Å²) in [6.45, 7) is 0. The monoisotopic (exact) mass is 263 g/mol. The molecule has 0 aromatic carbocycles. The molecule has 0 amide bonds. The van der Waals surface area contributed by atoms with Crippen molar-refractivity contribution in [2.75, 3.05) is 0 Å². The Morgan fingerprint density at radius 2 is 1.78 bits per heavy atom. The second-order valence-corrected chi connectivity index (χ2v) is 2.74. The van der Waals surface area contributed by atoms with Gasteiger partial charge in [0.15, 0.2) is 5.69 Å². The maximum absolute atomic E-state index is 8.19. The van der Waals surface area contributed by atoms with Crippen molar-refractivity contribution in [1.82, 2.24) is 20.4 Å². The fraction of sp³-hybridized carbons (Fsp3) is 0. The lowest BCUT2D eigenvalue weighted by atomic mass is 10.4. The first-order chi connectivity index (χ1) is 8.24. The molecule has 0 fully saturated rings. The molecule has 0 saturated carbocycles. The second kappa shape index (κ2) is 8.55. The number of nitrogens with one attached hydrogen (secondary N) is 1. The van der Waals surface area contributed by atoms with Gasteiger partial charge in [0.25, 0.3) is 0 Å². The quantitative estimate of drug-likeness (QED) is 0.571. The molecule has 7 nitrogen and oxygen atoms in total. The molecule has 2 rings (SSSR count). The molecule has 18 heavy (non-hydrogen) atoms. The summed E-state index contributed by atoms with van der Waals surface area (Å²) in [5, 5.41) is 29.2. The van der Waals surface area contributed by atoms with Gasteiger partial charge >= 0.3 is 0 Å². The van der Waals surface area contributed by atoms with Crippen molar-refractivity contribution in [3.63, 3.8) is 0 Å². The first-order valence-electron chi connectivity index (χ1n) is 4.54. The van der Waals surface area contributed by atoms with Gasteiger partial charge in [-0.15, -0.1) is 22.6 Å². The van der Waals surface area contributed by atoms with Crippen molar-refractivity contribution in [2.24, 2.45) is 5.73 Å². The predicted octanol–water partition coefficient (Wildman–Crippen LogP) is 0.531. The molecule has 2 heterocycles. The highest BCUT2D eigenvalue weighted by Crippen LogP contribution is 1.86. The number of halogens is 1. The Hall–Kier alpha value is -2.59. The Labute approximate surface area is 110 Å². The fourth-order valence-corrected chi connectivity index (χ4v) is 0.806. The molecule has 2 aromatic heterocycles. The first kappa shape index (κ1) is 15.4. The fourth-order valence-electron chi connectivity index (χ4n) is 0.806. The summed E-state index contributed by atoms with van der Waals surface area (Å²) in [6.07, 6.45) is 3.06. The van der Waals surface area contributed by atoms with Crippen LogP contribution in [0.4, 0.5) is 0 Å². The van der Waals surface area contributed by atoms with Crippen molar-refractivity contribution >= 4 is 18.2 Å². The number of aromatic nitrogens is 4. The maximum Gasteiger partial charge on any atom is 0.163 e. The lowest BCUT2D eigenvalue weighted by molar-refractivity contribution is 1.01. The van der Waals surface area contributed by atoms with E-state index in [1.54, 1.807) is 24.3 Å². The van der Waals surface area contributed by atoms with Crippen molar-refractivity contribution in [3.05, 3.63) is 48.0 Å². The lowest BCUT2D eigenvalue weighted by Gasteiger charge is -1.90. The molecule has 3 N–H and O–H groups in total. The number of nitrogens with zero attached hydrogens (tertiary/aromatic N) is 5. The highest BCUT2D eigenvalue weighted by atomic mass is 35.5. The zero-order valence-corrected chi connectivity index (χ0v) is 10.0. The maximum atomic E-state index is 8.19. The molecule has 0 bridgehead atoms. The summed E-state index contributed by atoms with van der Waals surface area (Å²) in [7, 11) is 0. The van der Waals surface area contributed by atoms with Crippen LogP contribution in [0, 0.1) is 16.7 Å². The largest absolute Gasteiger partial charge is 0.382 e. The molecular formula is C10H10ClN7. The van der Waals surface area contributed by atoms with Crippen LogP contribution >= 0.6 is 12.4 Å². The Kier molecular flexibility index (Phi) is 7.32. The van der Waals surface area contributed by atoms with Crippen LogP contribution in [0.15, 0.2) is 36.7 Å². The minimum atomic E-state index is -0.0527. The second-order valence-electron chi connectivity index (χ2n) is 2.74. The van der Waals surface area contributed by atoms with Crippen LogP contribution in [0.1, 0.15) is 11.4 Å². The van der Waals surface area contributed by atoms with Crippen molar-refractivity contribution in [1.29, 1.82) is 10.7 Å². The van der Waals surface area contributed by atoms with Crippen LogP contribution in [0.5, 0.6) is 0 Å². The number of nitrogen functional groups attached to an aromatic ring is 1. The molecule has 0 aliphatic heterocycles. The van der Waals surface area contributed by atoms with Crippen molar-refractivity contribution < 1.29 is 0 Å². The third kappa shape index (κ3) is 5.48. The number of hydrogen-bond donors (Lipinski definition) is 2. The highest BCUT2D eigenvalue weighted by molar-refractivity contribution is 5.92. The van der Waals surface area contributed by atoms with E-state index in [2.05, 4.69) is 20.4 Å². The van der Waals surface area contributed by atoms with E-state index in [-0.39, 0.29) is 18.2 Å². The molecule has 0 saturated heterocycles. The van der Waals surface area contributed by atoms with Crippen LogP contribution < -0.4 is 5.73 Å². The molecular weight excluding hydrogens is 254 g/mol. The van der Waals surface area contributed by atoms with Crippen LogP contribution in [0.3, 0.4) is 0 Å². The Bertz CT molecular complexity index is 509. The van der Waals surface area contributed by atoms with Gasteiger partial charge in [0.2, 0.25) is 0 Å². The van der Waals surface area contributed by atoms with Crippen molar-refractivity contribution in [3.8, 4) is 6.07 Å². The van der Waals surface area contributed by atoms with E-state index < -0.39 is 0 Å². The number of hydrogen-bond acceptors (Lipinski definition) is 6. The van der Waals surface area contributed by atoms with Gasteiger partial charge in [0, 0.05) is 12.4 Å². The van der Waals surface area contributed by atoms with Gasteiger partial charge < -0.3 is 5.73 Å². The van der Waals surface area contributed by atoms with E-state index in [0.717, 1.165) is 0 Å². The smallest absolute Gasteiger partial charge is 0.163 e. The topological polar surface area (TPSA) is 125 Å². The molecule has 2 aromatic rings. The number of nitriles is 1. The highest BCUT2D eigenvalue weighted by Gasteiger charge is 1.92. The minimum absolute atomic E-state index is 0. The SMILES string of the molecule is Cl.N#Cc1cccnn1.N=C(N)c1cccnn1. The zero-order chi connectivity index (χ0) is 12.5. The van der Waals surface area contributed by atoms with Gasteiger partial charge in [0.1, 0.15) is 17.6 Å². The average molecular weight is 264 g/mol. The molecule has 0 atom stereocenters. The van der Waals surface area contributed by atoms with E-state index in [1.165, 1.54) is 12.4 Å². The van der Waals surface area contributed by atoms with E-state index in [9.17, 15) is 0 Å². The lowest BCUT2D eigenvalue weighted by Crippen LogP contribution is -2.13. The summed E-state index contributed by atoms with van der Waals surface area (Å²) in [5.74, 6) is -0.0527. The standard InChI is InChI=1S/C5H6N4.C5H3N3.ClH/c6-5(7)4-2-1-3-8-9-4;6-4-5-2-1-3-7-8-5;/h1-3H,(H3,6,7);1-3H;1H. The summed E-state index contributed by atoms with van der Waals surface area (Å²) in [5.41, 5.74) is 5.86. The van der Waals surface area contributed by atoms with Crippen LogP contribution in [0.2, 0.25) is 0 Å². The Morgan fingerprint density at radius 1 is 1.17 bits per heavy atom. The van der Waals surface area contributed by atoms with Gasteiger partial charge in [-0.3, -0.25) is 5.41 Å². The van der Waals surface area contributed by atoms with E-state index >= 15 is 0 Å². The predicted molar refractivity (Wildman–Crippen MR) is 67.0 cm³/mol. The van der Waals surface area contributed by atoms with Crippen LogP contribution in [-0.2, 0) is 0 Å². The molecule has 0 aliphatic carbocycles. The molecule has 0 aliphatic rings. The molecule has 0 radical (unpaired) electrons. The van der Waals surface area contributed by atoms with Crippen molar-refractivity contribution in [2.45, 2.75) is 0 Å². The molecule has 0 spiro atoms. The summed E-state index contributed by atoms with van der Waals surface area (Å²) >= 11 is 0. The number of amidine groups is 1. The van der Waals surface area contributed by atoms with Gasteiger partial charge in [0.05, 0.1) is 0 Å². The van der Waals surface area contributed by atoms with Gasteiger partial charge in [-0.1, -0.05) is 0 Å². The van der Waals surface area contributed by atoms with E-state index in [0.29, 0.717) is 11.4 Å². The minimum Gasteiger partial charge on any atom is -0.382 e. The van der Waals surface area contributed by atoms with Crippen LogP contribution in [0.25, 0.3) is 0 Å². The average Bonchev–Trinajstić information content (AvgIpc) is 2.41. The molecule has 8 heteroatoms. The van der Waals surface area contributed by atoms with Crippen LogP contribution in [-0.4, -0.2) is 26.2 Å². The number of rotatable bonds is 1. The Morgan fingerprint density at radius 3 is 2.06 bits per heavy atom. The first-order valence-corrected chi connectivity index (χ1v) is 4.54. The molecule has 0 unspecified atom stereocenters. The molecule has 92 valence electrons. The summed E-state index contributed by atoms with van der Waals surface area (Å²) < 4.78 is 0. The summed E-state index contributed by atoms with van der Waals surface area (Å²) in [4.78, 5) is 0. The third-order valence-corrected chi connectivity index (χ3v) is 1.54. The van der Waals surface area contributed by atoms with E-state index in [4.69, 9.17) is 16.4 Å². The zero-order valence-electron chi connectivity index (χ0n) is 9.19. The van der Waals surface area contributed by atoms with Gasteiger partial charge in [-0.05, 0) is 24.3 Å². The van der Waals surface area contributed by atoms with E-state index in [1.807, 2.05) is 6.07 Å². The van der Waals surface area contributed by atoms with Gasteiger partial charge in [-0.2, -0.15) is 15.5 Å². The third-order valence-electron chi connectivity index (χ3n) is 1.54.